The van der Waals surface area contributed by atoms with Gasteiger partial charge in [-0.25, -0.2) is 0 Å². The third-order valence-corrected chi connectivity index (χ3v) is 3.45. The lowest BCUT2D eigenvalue weighted by Gasteiger charge is -2.21. The first-order chi connectivity index (χ1) is 9.60. The number of aliphatic hydroxyl groups excluding tert-OH is 1. The SMILES string of the molecule is CNc1nc(N(C)CCC(C)O)nc(N2CCCC2)n1. The Labute approximate surface area is 120 Å². The van der Waals surface area contributed by atoms with Gasteiger partial charge in [-0.15, -0.1) is 0 Å². The van der Waals surface area contributed by atoms with Crippen LogP contribution in [-0.4, -0.2) is 59.9 Å². The van der Waals surface area contributed by atoms with E-state index in [0.29, 0.717) is 24.9 Å². The number of nitrogens with one attached hydrogen (secondary N) is 1. The Hall–Kier alpha value is -1.63. The topological polar surface area (TPSA) is 77.4 Å². The summed E-state index contributed by atoms with van der Waals surface area (Å²) in [6.45, 7) is 4.51. The maximum absolute atomic E-state index is 9.38. The Kier molecular flexibility index (Phi) is 4.94. The smallest absolute Gasteiger partial charge is 0.231 e. The highest BCUT2D eigenvalue weighted by Gasteiger charge is 2.18. The molecule has 1 saturated heterocycles. The van der Waals surface area contributed by atoms with Gasteiger partial charge in [-0.2, -0.15) is 15.0 Å². The molecule has 0 bridgehead atoms. The maximum atomic E-state index is 9.38. The Morgan fingerprint density at radius 2 is 2.00 bits per heavy atom. The number of aliphatic hydroxyl groups is 1. The largest absolute Gasteiger partial charge is 0.393 e. The van der Waals surface area contributed by atoms with Gasteiger partial charge in [0.1, 0.15) is 0 Å². The summed E-state index contributed by atoms with van der Waals surface area (Å²) in [5.74, 6) is 1.97. The van der Waals surface area contributed by atoms with Crippen LogP contribution < -0.4 is 15.1 Å². The average Bonchev–Trinajstić information content (AvgIpc) is 2.98. The second kappa shape index (κ2) is 6.69. The normalized spacial score (nSPS) is 16.3. The van der Waals surface area contributed by atoms with E-state index in [9.17, 15) is 5.11 Å². The lowest BCUT2D eigenvalue weighted by atomic mass is 10.3. The zero-order valence-electron chi connectivity index (χ0n) is 12.5. The van der Waals surface area contributed by atoms with Crippen LogP contribution in [0.25, 0.3) is 0 Å². The first-order valence-electron chi connectivity index (χ1n) is 7.18. The fourth-order valence-corrected chi connectivity index (χ4v) is 2.18. The van der Waals surface area contributed by atoms with Crippen molar-refractivity contribution in [3.05, 3.63) is 0 Å². The van der Waals surface area contributed by atoms with Crippen molar-refractivity contribution in [2.45, 2.75) is 32.3 Å². The van der Waals surface area contributed by atoms with Gasteiger partial charge in [0.05, 0.1) is 6.10 Å². The van der Waals surface area contributed by atoms with E-state index in [-0.39, 0.29) is 6.10 Å². The van der Waals surface area contributed by atoms with Crippen LogP contribution in [-0.2, 0) is 0 Å². The molecule has 0 aromatic carbocycles. The molecule has 0 radical (unpaired) electrons. The van der Waals surface area contributed by atoms with Crippen LogP contribution in [0.5, 0.6) is 0 Å². The van der Waals surface area contributed by atoms with Crippen molar-refractivity contribution in [1.82, 2.24) is 15.0 Å². The Bertz CT molecular complexity index is 433. The van der Waals surface area contributed by atoms with Crippen molar-refractivity contribution < 1.29 is 5.11 Å². The van der Waals surface area contributed by atoms with Crippen molar-refractivity contribution in [3.63, 3.8) is 0 Å². The minimum atomic E-state index is -0.318. The third kappa shape index (κ3) is 3.69. The highest BCUT2D eigenvalue weighted by Crippen LogP contribution is 2.19. The number of aromatic nitrogens is 3. The lowest BCUT2D eigenvalue weighted by molar-refractivity contribution is 0.186. The molecule has 0 spiro atoms. The summed E-state index contributed by atoms with van der Waals surface area (Å²) in [5, 5.41) is 12.4. The molecule has 1 atom stereocenters. The number of hydrogen-bond acceptors (Lipinski definition) is 7. The molecule has 7 nitrogen and oxygen atoms in total. The molecule has 1 fully saturated rings. The molecule has 2 rings (SSSR count). The molecule has 2 heterocycles. The quantitative estimate of drug-likeness (QED) is 0.795. The summed E-state index contributed by atoms with van der Waals surface area (Å²) in [7, 11) is 3.74. The highest BCUT2D eigenvalue weighted by molar-refractivity contribution is 5.45. The van der Waals surface area contributed by atoms with Gasteiger partial charge in [-0.1, -0.05) is 0 Å². The molecule has 1 unspecified atom stereocenters. The van der Waals surface area contributed by atoms with Gasteiger partial charge >= 0.3 is 0 Å². The molecule has 1 aromatic rings. The van der Waals surface area contributed by atoms with Gasteiger partial charge in [0.15, 0.2) is 0 Å². The van der Waals surface area contributed by atoms with Crippen LogP contribution in [0.2, 0.25) is 0 Å². The minimum Gasteiger partial charge on any atom is -0.393 e. The Morgan fingerprint density at radius 3 is 2.60 bits per heavy atom. The van der Waals surface area contributed by atoms with E-state index in [2.05, 4.69) is 25.2 Å². The van der Waals surface area contributed by atoms with Crippen LogP contribution in [0, 0.1) is 0 Å². The predicted molar refractivity (Wildman–Crippen MR) is 80.4 cm³/mol. The molecule has 0 aliphatic carbocycles. The lowest BCUT2D eigenvalue weighted by Crippen LogP contribution is -2.27. The number of hydrogen-bond donors (Lipinski definition) is 2. The number of nitrogens with zero attached hydrogens (tertiary/aromatic N) is 5. The van der Waals surface area contributed by atoms with Gasteiger partial charge < -0.3 is 20.2 Å². The maximum Gasteiger partial charge on any atom is 0.231 e. The fourth-order valence-electron chi connectivity index (χ4n) is 2.18. The van der Waals surface area contributed by atoms with Gasteiger partial charge in [0.2, 0.25) is 17.8 Å². The molecule has 1 aliphatic rings. The zero-order valence-corrected chi connectivity index (χ0v) is 12.5. The molecular formula is C13H24N6O. The number of anilines is 3. The van der Waals surface area contributed by atoms with E-state index in [4.69, 9.17) is 0 Å². The third-order valence-electron chi connectivity index (χ3n) is 3.45. The molecule has 1 aromatic heterocycles. The molecule has 0 amide bonds. The second-order valence-corrected chi connectivity index (χ2v) is 5.26. The zero-order chi connectivity index (χ0) is 14.5. The van der Waals surface area contributed by atoms with Crippen LogP contribution in [0.3, 0.4) is 0 Å². The van der Waals surface area contributed by atoms with E-state index in [1.165, 1.54) is 12.8 Å². The molecule has 0 saturated carbocycles. The standard InChI is InChI=1S/C13H24N6O/c1-10(20)6-9-18(3)12-15-11(14-2)16-13(17-12)19-7-4-5-8-19/h10,20H,4-9H2,1-3H3,(H,14,15,16,17). The van der Waals surface area contributed by atoms with E-state index in [0.717, 1.165) is 19.0 Å². The van der Waals surface area contributed by atoms with E-state index in [1.54, 1.807) is 6.92 Å². The predicted octanol–water partition coefficient (Wildman–Crippen LogP) is 0.721. The molecule has 2 N–H and O–H groups in total. The van der Waals surface area contributed by atoms with Crippen molar-refractivity contribution >= 4 is 17.8 Å². The van der Waals surface area contributed by atoms with Gasteiger partial charge in [0, 0.05) is 33.7 Å². The van der Waals surface area contributed by atoms with Crippen LogP contribution in [0.4, 0.5) is 17.8 Å². The molecular weight excluding hydrogens is 256 g/mol. The summed E-state index contributed by atoms with van der Waals surface area (Å²) in [4.78, 5) is 17.5. The Balaban J connectivity index is 2.16. The summed E-state index contributed by atoms with van der Waals surface area (Å²) in [6.07, 6.45) is 2.75. The first kappa shape index (κ1) is 14.8. The average molecular weight is 280 g/mol. The van der Waals surface area contributed by atoms with Gasteiger partial charge in [-0.3, -0.25) is 0 Å². The molecule has 1 aliphatic heterocycles. The second-order valence-electron chi connectivity index (χ2n) is 5.26. The van der Waals surface area contributed by atoms with Crippen molar-refractivity contribution in [2.75, 3.05) is 48.8 Å². The summed E-state index contributed by atoms with van der Waals surface area (Å²) < 4.78 is 0. The van der Waals surface area contributed by atoms with Crippen LogP contribution in [0.15, 0.2) is 0 Å². The molecule has 7 heteroatoms. The Morgan fingerprint density at radius 1 is 1.30 bits per heavy atom. The van der Waals surface area contributed by atoms with Crippen LogP contribution in [0.1, 0.15) is 26.2 Å². The van der Waals surface area contributed by atoms with Gasteiger partial charge in [0.25, 0.3) is 0 Å². The number of rotatable bonds is 6. The summed E-state index contributed by atoms with van der Waals surface area (Å²) >= 11 is 0. The van der Waals surface area contributed by atoms with E-state index in [1.807, 2.05) is 19.0 Å². The van der Waals surface area contributed by atoms with Crippen molar-refractivity contribution in [2.24, 2.45) is 0 Å². The molecule has 112 valence electrons. The minimum absolute atomic E-state index is 0.318. The summed E-state index contributed by atoms with van der Waals surface area (Å²) in [6, 6.07) is 0. The molecule has 20 heavy (non-hydrogen) atoms. The van der Waals surface area contributed by atoms with E-state index < -0.39 is 0 Å². The van der Waals surface area contributed by atoms with Crippen molar-refractivity contribution in [1.29, 1.82) is 0 Å². The fraction of sp³-hybridized carbons (Fsp3) is 0.769. The summed E-state index contributed by atoms with van der Waals surface area (Å²) in [5.41, 5.74) is 0. The monoisotopic (exact) mass is 280 g/mol. The highest BCUT2D eigenvalue weighted by atomic mass is 16.3. The first-order valence-corrected chi connectivity index (χ1v) is 7.18. The van der Waals surface area contributed by atoms with Gasteiger partial charge in [-0.05, 0) is 26.2 Å². The van der Waals surface area contributed by atoms with E-state index >= 15 is 0 Å². The van der Waals surface area contributed by atoms with Crippen molar-refractivity contribution in [3.8, 4) is 0 Å². The van der Waals surface area contributed by atoms with Crippen LogP contribution >= 0.6 is 0 Å².